The number of carbonyl (C=O) groups is 1. The van der Waals surface area contributed by atoms with Crippen LogP contribution < -0.4 is 19.1 Å². The molecule has 208 valence electrons. The van der Waals surface area contributed by atoms with Gasteiger partial charge in [0.2, 0.25) is 11.8 Å². The van der Waals surface area contributed by atoms with E-state index in [1.807, 2.05) is 59.5 Å². The Hall–Kier alpha value is -4.53. The lowest BCUT2D eigenvalue weighted by molar-refractivity contribution is -0.131. The van der Waals surface area contributed by atoms with Crippen molar-refractivity contribution in [1.29, 1.82) is 0 Å². The number of aryl methyl sites for hydroxylation is 1. The third-order valence-corrected chi connectivity index (χ3v) is 7.17. The van der Waals surface area contributed by atoms with Gasteiger partial charge >= 0.3 is 0 Å². The van der Waals surface area contributed by atoms with Crippen molar-refractivity contribution in [2.24, 2.45) is 0 Å². The highest BCUT2D eigenvalue weighted by Crippen LogP contribution is 2.33. The Morgan fingerprint density at radius 3 is 2.33 bits per heavy atom. The molecule has 0 unspecified atom stereocenters. The molecule has 0 radical (unpaired) electrons. The Morgan fingerprint density at radius 1 is 0.825 bits per heavy atom. The zero-order chi connectivity index (χ0) is 27.9. The number of pyridine rings is 1. The van der Waals surface area contributed by atoms with E-state index < -0.39 is 0 Å². The number of aromatic nitrogens is 3. The predicted octanol–water partition coefficient (Wildman–Crippen LogP) is 4.84. The van der Waals surface area contributed by atoms with Gasteiger partial charge < -0.3 is 29.0 Å². The second-order valence-corrected chi connectivity index (χ2v) is 9.61. The standard InChI is InChI=1S/C31H35N5O4/c1-38-25-16-15-23(21-26(25)39-2)31-32-24(30(34-31)22-9-5-4-6-10-22)11-7-14-29(37)36-19-17-35(18-20-36)27-12-8-13-28(33-27)40-3/h4-6,8-10,12-13,15-16,21H,7,11,14,17-20H2,1-3H3,(H,32,34). The smallest absolute Gasteiger partial charge is 0.222 e. The molecule has 1 aliphatic heterocycles. The third-order valence-electron chi connectivity index (χ3n) is 7.17. The number of carbonyl (C=O) groups excluding carboxylic acids is 1. The van der Waals surface area contributed by atoms with Crippen LogP contribution in [0.1, 0.15) is 18.5 Å². The fraction of sp³-hybridized carbons (Fsp3) is 0.323. The van der Waals surface area contributed by atoms with Gasteiger partial charge in [-0.2, -0.15) is 4.98 Å². The molecule has 0 spiro atoms. The van der Waals surface area contributed by atoms with Gasteiger partial charge in [-0.15, -0.1) is 0 Å². The van der Waals surface area contributed by atoms with Crippen LogP contribution in [0.2, 0.25) is 0 Å². The molecular weight excluding hydrogens is 506 g/mol. The molecular formula is C31H35N5O4. The van der Waals surface area contributed by atoms with Crippen molar-refractivity contribution in [3.05, 3.63) is 72.4 Å². The topological polar surface area (TPSA) is 92.8 Å². The molecule has 9 nitrogen and oxygen atoms in total. The van der Waals surface area contributed by atoms with Gasteiger partial charge in [0.25, 0.3) is 0 Å². The summed E-state index contributed by atoms with van der Waals surface area (Å²) < 4.78 is 16.1. The molecule has 4 aromatic rings. The summed E-state index contributed by atoms with van der Waals surface area (Å²) in [7, 11) is 4.86. The highest BCUT2D eigenvalue weighted by molar-refractivity contribution is 5.76. The summed E-state index contributed by atoms with van der Waals surface area (Å²) in [6.07, 6.45) is 1.92. The number of amides is 1. The number of benzene rings is 2. The van der Waals surface area contributed by atoms with Crippen molar-refractivity contribution in [1.82, 2.24) is 19.9 Å². The molecule has 1 saturated heterocycles. The second kappa shape index (κ2) is 12.5. The van der Waals surface area contributed by atoms with Crippen molar-refractivity contribution in [2.45, 2.75) is 19.3 Å². The number of imidazole rings is 1. The Balaban J connectivity index is 1.24. The van der Waals surface area contributed by atoms with Crippen LogP contribution in [0.25, 0.3) is 22.6 Å². The minimum Gasteiger partial charge on any atom is -0.493 e. The van der Waals surface area contributed by atoms with E-state index >= 15 is 0 Å². The lowest BCUT2D eigenvalue weighted by Crippen LogP contribution is -2.49. The van der Waals surface area contributed by atoms with E-state index in [1.165, 1.54) is 0 Å². The molecule has 0 saturated carbocycles. The average Bonchev–Trinajstić information content (AvgIpc) is 3.45. The van der Waals surface area contributed by atoms with Gasteiger partial charge in [-0.25, -0.2) is 4.98 Å². The molecule has 0 aliphatic carbocycles. The number of methoxy groups -OCH3 is 3. The number of piperazine rings is 1. The molecule has 0 atom stereocenters. The van der Waals surface area contributed by atoms with Gasteiger partial charge in [-0.1, -0.05) is 36.4 Å². The number of rotatable bonds is 10. The van der Waals surface area contributed by atoms with Crippen molar-refractivity contribution in [3.8, 4) is 40.0 Å². The fourth-order valence-corrected chi connectivity index (χ4v) is 5.00. The van der Waals surface area contributed by atoms with Gasteiger partial charge in [0, 0.05) is 55.5 Å². The quantitative estimate of drug-likeness (QED) is 0.307. The summed E-state index contributed by atoms with van der Waals surface area (Å²) in [5, 5.41) is 0. The summed E-state index contributed by atoms with van der Waals surface area (Å²) in [5.74, 6) is 3.72. The first-order valence-corrected chi connectivity index (χ1v) is 13.5. The summed E-state index contributed by atoms with van der Waals surface area (Å²) in [4.78, 5) is 30.2. The van der Waals surface area contributed by atoms with Crippen LogP contribution >= 0.6 is 0 Å². The Morgan fingerprint density at radius 2 is 1.60 bits per heavy atom. The minimum atomic E-state index is 0.180. The fourth-order valence-electron chi connectivity index (χ4n) is 5.00. The van der Waals surface area contributed by atoms with Gasteiger partial charge in [0.1, 0.15) is 11.6 Å². The zero-order valence-corrected chi connectivity index (χ0v) is 23.2. The first kappa shape index (κ1) is 27.1. The number of H-pyrrole nitrogens is 1. The van der Waals surface area contributed by atoms with E-state index in [1.54, 1.807) is 21.3 Å². The SMILES string of the molecule is COc1cccc(N2CCN(C(=O)CCCc3[nH]c(-c4ccc(OC)c(OC)c4)nc3-c3ccccc3)CC2)n1. The van der Waals surface area contributed by atoms with E-state index in [-0.39, 0.29) is 5.91 Å². The Labute approximate surface area is 234 Å². The largest absolute Gasteiger partial charge is 0.493 e. The molecule has 1 amide bonds. The lowest BCUT2D eigenvalue weighted by Gasteiger charge is -2.35. The molecule has 2 aromatic heterocycles. The molecule has 5 rings (SSSR count). The Bertz CT molecular complexity index is 1430. The predicted molar refractivity (Wildman–Crippen MR) is 155 cm³/mol. The van der Waals surface area contributed by atoms with Crippen LogP contribution in [0.4, 0.5) is 5.82 Å². The molecule has 2 aromatic carbocycles. The minimum absolute atomic E-state index is 0.180. The van der Waals surface area contributed by atoms with E-state index in [0.717, 1.165) is 53.7 Å². The number of hydrogen-bond acceptors (Lipinski definition) is 7. The number of ether oxygens (including phenoxy) is 3. The Kier molecular flexibility index (Phi) is 8.49. The van der Waals surface area contributed by atoms with E-state index in [2.05, 4.69) is 27.0 Å². The summed E-state index contributed by atoms with van der Waals surface area (Å²) in [6, 6.07) is 21.6. The normalized spacial score (nSPS) is 13.3. The highest BCUT2D eigenvalue weighted by Gasteiger charge is 2.22. The number of nitrogens with zero attached hydrogens (tertiary/aromatic N) is 4. The van der Waals surface area contributed by atoms with Gasteiger partial charge in [-0.05, 0) is 37.1 Å². The second-order valence-electron chi connectivity index (χ2n) is 9.61. The highest BCUT2D eigenvalue weighted by atomic mass is 16.5. The molecule has 9 heteroatoms. The number of nitrogens with one attached hydrogen (secondary N) is 1. The van der Waals surface area contributed by atoms with Crippen LogP contribution in [0.3, 0.4) is 0 Å². The van der Waals surface area contributed by atoms with Crippen molar-refractivity contribution in [3.63, 3.8) is 0 Å². The van der Waals surface area contributed by atoms with Crippen molar-refractivity contribution < 1.29 is 19.0 Å². The van der Waals surface area contributed by atoms with Crippen LogP contribution in [-0.4, -0.2) is 73.3 Å². The summed E-state index contributed by atoms with van der Waals surface area (Å²) >= 11 is 0. The number of aromatic amines is 1. The maximum atomic E-state index is 13.1. The zero-order valence-electron chi connectivity index (χ0n) is 23.2. The van der Waals surface area contributed by atoms with E-state index in [9.17, 15) is 4.79 Å². The van der Waals surface area contributed by atoms with Gasteiger partial charge in [0.15, 0.2) is 11.5 Å². The summed E-state index contributed by atoms with van der Waals surface area (Å²) in [5.41, 5.74) is 3.85. The molecule has 1 aliphatic rings. The third kappa shape index (κ3) is 6.03. The first-order chi connectivity index (χ1) is 19.6. The molecule has 3 heterocycles. The van der Waals surface area contributed by atoms with Gasteiger partial charge in [-0.3, -0.25) is 4.79 Å². The van der Waals surface area contributed by atoms with Crippen LogP contribution in [-0.2, 0) is 11.2 Å². The van der Waals surface area contributed by atoms with E-state index in [0.29, 0.717) is 43.3 Å². The van der Waals surface area contributed by atoms with Crippen LogP contribution in [0.5, 0.6) is 17.4 Å². The molecule has 0 bridgehead atoms. The molecule has 1 fully saturated rings. The lowest BCUT2D eigenvalue weighted by atomic mass is 10.1. The van der Waals surface area contributed by atoms with Crippen molar-refractivity contribution in [2.75, 3.05) is 52.4 Å². The average molecular weight is 542 g/mol. The maximum absolute atomic E-state index is 13.1. The number of hydrogen-bond donors (Lipinski definition) is 1. The van der Waals surface area contributed by atoms with Gasteiger partial charge in [0.05, 0.1) is 27.0 Å². The van der Waals surface area contributed by atoms with Crippen molar-refractivity contribution >= 4 is 11.7 Å². The monoisotopic (exact) mass is 541 g/mol. The van der Waals surface area contributed by atoms with Crippen LogP contribution in [0, 0.1) is 0 Å². The summed E-state index contributed by atoms with van der Waals surface area (Å²) in [6.45, 7) is 2.86. The molecule has 40 heavy (non-hydrogen) atoms. The van der Waals surface area contributed by atoms with Crippen LogP contribution in [0.15, 0.2) is 66.7 Å². The molecule has 1 N–H and O–H groups in total. The number of anilines is 1. The first-order valence-electron chi connectivity index (χ1n) is 13.5. The van der Waals surface area contributed by atoms with E-state index in [4.69, 9.17) is 19.2 Å². The maximum Gasteiger partial charge on any atom is 0.222 e.